The van der Waals surface area contributed by atoms with Crippen molar-refractivity contribution in [2.45, 2.75) is 26.5 Å². The molecule has 1 aliphatic heterocycles. The van der Waals surface area contributed by atoms with Crippen molar-refractivity contribution in [1.82, 2.24) is 20.1 Å². The number of aromatic nitrogens is 1. The molecule has 2 heterocycles. The maximum atomic E-state index is 12.5. The van der Waals surface area contributed by atoms with Crippen LogP contribution in [0.15, 0.2) is 28.7 Å². The summed E-state index contributed by atoms with van der Waals surface area (Å²) in [7, 11) is -1.33. The van der Waals surface area contributed by atoms with Crippen molar-refractivity contribution in [1.29, 1.82) is 0 Å². The fraction of sp³-hybridized carbons (Fsp3) is 0.545. The van der Waals surface area contributed by atoms with Crippen LogP contribution in [-0.4, -0.2) is 76.5 Å². The molecule has 8 heteroatoms. The summed E-state index contributed by atoms with van der Waals surface area (Å²) in [4.78, 5) is 21.4. The van der Waals surface area contributed by atoms with E-state index >= 15 is 0 Å². The SMILES string of the molecule is CCN1CCN(CCNC(=O)CS(=O)Cc2nc(-c3ccc(C)cc3)oc2C)CC1. The van der Waals surface area contributed by atoms with Gasteiger partial charge < -0.3 is 14.6 Å². The van der Waals surface area contributed by atoms with E-state index in [0.29, 0.717) is 23.9 Å². The van der Waals surface area contributed by atoms with E-state index in [9.17, 15) is 9.00 Å². The molecule has 0 radical (unpaired) electrons. The van der Waals surface area contributed by atoms with Gasteiger partial charge in [0.1, 0.15) is 11.5 Å². The second-order valence-corrected chi connectivity index (χ2v) is 9.20. The Kier molecular flexibility index (Phi) is 8.18. The molecule has 0 spiro atoms. The summed E-state index contributed by atoms with van der Waals surface area (Å²) in [6, 6.07) is 7.91. The first-order valence-corrected chi connectivity index (χ1v) is 12.0. The number of likely N-dealkylation sites (N-methyl/N-ethyl adjacent to an activating group) is 1. The Balaban J connectivity index is 1.42. The molecule has 1 atom stereocenters. The zero-order valence-corrected chi connectivity index (χ0v) is 19.0. The van der Waals surface area contributed by atoms with Crippen molar-refractivity contribution >= 4 is 16.7 Å². The molecule has 1 unspecified atom stereocenters. The molecule has 3 rings (SSSR count). The van der Waals surface area contributed by atoms with Crippen LogP contribution in [0, 0.1) is 13.8 Å². The van der Waals surface area contributed by atoms with Crippen molar-refractivity contribution in [2.75, 3.05) is 51.6 Å². The number of oxazole rings is 1. The number of hydrogen-bond donors (Lipinski definition) is 1. The van der Waals surface area contributed by atoms with Crippen molar-refractivity contribution in [3.8, 4) is 11.5 Å². The third-order valence-electron chi connectivity index (χ3n) is 5.44. The summed E-state index contributed by atoms with van der Waals surface area (Å²) in [5.74, 6) is 1.18. The number of amides is 1. The van der Waals surface area contributed by atoms with Gasteiger partial charge >= 0.3 is 0 Å². The minimum absolute atomic E-state index is 0.0181. The fourth-order valence-corrected chi connectivity index (χ4v) is 4.53. The molecule has 1 saturated heterocycles. The Morgan fingerprint density at radius 2 is 1.80 bits per heavy atom. The van der Waals surface area contributed by atoms with Gasteiger partial charge in [-0.25, -0.2) is 4.98 Å². The lowest BCUT2D eigenvalue weighted by molar-refractivity contribution is -0.118. The fourth-order valence-electron chi connectivity index (χ4n) is 3.46. The van der Waals surface area contributed by atoms with Gasteiger partial charge in [-0.15, -0.1) is 0 Å². The zero-order valence-electron chi connectivity index (χ0n) is 18.1. The lowest BCUT2D eigenvalue weighted by atomic mass is 10.1. The number of benzene rings is 1. The number of hydrogen-bond acceptors (Lipinski definition) is 6. The van der Waals surface area contributed by atoms with Gasteiger partial charge in [-0.3, -0.25) is 13.9 Å². The molecule has 1 amide bonds. The molecule has 1 N–H and O–H groups in total. The largest absolute Gasteiger partial charge is 0.441 e. The first-order chi connectivity index (χ1) is 14.4. The molecule has 1 aliphatic rings. The highest BCUT2D eigenvalue weighted by molar-refractivity contribution is 7.84. The Morgan fingerprint density at radius 1 is 1.13 bits per heavy atom. The van der Waals surface area contributed by atoms with Crippen molar-refractivity contribution in [2.24, 2.45) is 0 Å². The van der Waals surface area contributed by atoms with Crippen LogP contribution in [0.2, 0.25) is 0 Å². The number of rotatable bonds is 9. The smallest absolute Gasteiger partial charge is 0.232 e. The van der Waals surface area contributed by atoms with E-state index in [1.807, 2.05) is 38.1 Å². The molecular formula is C22H32N4O3S. The van der Waals surface area contributed by atoms with Crippen LogP contribution in [-0.2, 0) is 21.3 Å². The maximum absolute atomic E-state index is 12.5. The first-order valence-electron chi connectivity index (χ1n) is 10.5. The first kappa shape index (κ1) is 22.7. The summed E-state index contributed by atoms with van der Waals surface area (Å²) >= 11 is 0. The van der Waals surface area contributed by atoms with E-state index in [2.05, 4.69) is 27.0 Å². The van der Waals surface area contributed by atoms with Crippen LogP contribution < -0.4 is 5.32 Å². The zero-order chi connectivity index (χ0) is 21.5. The number of piperazine rings is 1. The Labute approximate surface area is 181 Å². The second kappa shape index (κ2) is 10.8. The van der Waals surface area contributed by atoms with Gasteiger partial charge in [0.2, 0.25) is 11.8 Å². The highest BCUT2D eigenvalue weighted by Crippen LogP contribution is 2.22. The minimum Gasteiger partial charge on any atom is -0.441 e. The molecule has 0 bridgehead atoms. The molecule has 0 aliphatic carbocycles. The normalized spacial score (nSPS) is 16.5. The van der Waals surface area contributed by atoms with Crippen LogP contribution in [0.25, 0.3) is 11.5 Å². The molecular weight excluding hydrogens is 400 g/mol. The van der Waals surface area contributed by atoms with E-state index < -0.39 is 10.8 Å². The van der Waals surface area contributed by atoms with Gasteiger partial charge in [0.25, 0.3) is 0 Å². The summed E-state index contributed by atoms with van der Waals surface area (Å²) in [6.45, 7) is 12.8. The summed E-state index contributed by atoms with van der Waals surface area (Å²) in [6.07, 6.45) is 0. The second-order valence-electron chi connectivity index (χ2n) is 7.74. The molecule has 30 heavy (non-hydrogen) atoms. The average molecular weight is 433 g/mol. The van der Waals surface area contributed by atoms with Gasteiger partial charge in [0, 0.05) is 55.6 Å². The maximum Gasteiger partial charge on any atom is 0.232 e. The minimum atomic E-state index is -1.33. The standard InChI is InChI=1S/C22H32N4O3S/c1-4-25-11-13-26(14-12-25)10-9-23-21(27)16-30(28)15-20-18(3)29-22(24-20)19-7-5-17(2)6-8-19/h5-8H,4,9-16H2,1-3H3,(H,23,27). The van der Waals surface area contributed by atoms with Gasteiger partial charge in [-0.2, -0.15) is 0 Å². The van der Waals surface area contributed by atoms with Gasteiger partial charge in [0.15, 0.2) is 0 Å². The van der Waals surface area contributed by atoms with Crippen molar-refractivity contribution in [3.05, 3.63) is 41.3 Å². The molecule has 0 saturated carbocycles. The highest BCUT2D eigenvalue weighted by Gasteiger charge is 2.17. The van der Waals surface area contributed by atoms with Crippen molar-refractivity contribution in [3.63, 3.8) is 0 Å². The predicted octanol–water partition coefficient (Wildman–Crippen LogP) is 1.96. The van der Waals surface area contributed by atoms with E-state index in [4.69, 9.17) is 4.42 Å². The lowest BCUT2D eigenvalue weighted by Crippen LogP contribution is -2.48. The van der Waals surface area contributed by atoms with Crippen LogP contribution in [0.1, 0.15) is 23.9 Å². The van der Waals surface area contributed by atoms with Gasteiger partial charge in [-0.05, 0) is 32.5 Å². The Hall–Kier alpha value is -2.03. The highest BCUT2D eigenvalue weighted by atomic mass is 32.2. The topological polar surface area (TPSA) is 78.7 Å². The Bertz CT molecular complexity index is 858. The molecule has 1 aromatic heterocycles. The molecule has 2 aromatic rings. The van der Waals surface area contributed by atoms with Gasteiger partial charge in [-0.1, -0.05) is 24.6 Å². The van der Waals surface area contributed by atoms with E-state index in [-0.39, 0.29) is 17.4 Å². The van der Waals surface area contributed by atoms with Gasteiger partial charge in [0.05, 0.1) is 11.4 Å². The van der Waals surface area contributed by atoms with E-state index in [0.717, 1.165) is 50.4 Å². The van der Waals surface area contributed by atoms with E-state index in [1.54, 1.807) is 0 Å². The predicted molar refractivity (Wildman–Crippen MR) is 120 cm³/mol. The summed E-state index contributed by atoms with van der Waals surface area (Å²) < 4.78 is 18.2. The number of aryl methyl sites for hydroxylation is 2. The van der Waals surface area contributed by atoms with Crippen LogP contribution in [0.3, 0.4) is 0 Å². The third-order valence-corrected chi connectivity index (χ3v) is 6.62. The number of carbonyl (C=O) groups excluding carboxylic acids is 1. The summed E-state index contributed by atoms with van der Waals surface area (Å²) in [5, 5.41) is 2.89. The summed E-state index contributed by atoms with van der Waals surface area (Å²) in [5.41, 5.74) is 2.70. The van der Waals surface area contributed by atoms with Crippen LogP contribution >= 0.6 is 0 Å². The molecule has 1 fully saturated rings. The number of carbonyl (C=O) groups is 1. The average Bonchev–Trinajstić information content (AvgIpc) is 3.09. The van der Waals surface area contributed by atoms with Crippen molar-refractivity contribution < 1.29 is 13.4 Å². The van der Waals surface area contributed by atoms with Crippen LogP contribution in [0.4, 0.5) is 0 Å². The number of nitrogens with one attached hydrogen (secondary N) is 1. The molecule has 7 nitrogen and oxygen atoms in total. The molecule has 1 aromatic carbocycles. The van der Waals surface area contributed by atoms with Crippen LogP contribution in [0.5, 0.6) is 0 Å². The van der Waals surface area contributed by atoms with E-state index in [1.165, 1.54) is 0 Å². The number of nitrogens with zero attached hydrogens (tertiary/aromatic N) is 3. The molecule has 164 valence electrons. The lowest BCUT2D eigenvalue weighted by Gasteiger charge is -2.33. The quantitative estimate of drug-likeness (QED) is 0.653. The Morgan fingerprint density at radius 3 is 2.47 bits per heavy atom. The monoisotopic (exact) mass is 432 g/mol. The third kappa shape index (κ3) is 6.48.